The first kappa shape index (κ1) is 15.4. The zero-order valence-corrected chi connectivity index (χ0v) is 14.3. The van der Waals surface area contributed by atoms with Crippen molar-refractivity contribution in [2.75, 3.05) is 18.4 Å². The highest BCUT2D eigenvalue weighted by Crippen LogP contribution is 2.40. The van der Waals surface area contributed by atoms with Gasteiger partial charge in [-0.25, -0.2) is 4.79 Å². The van der Waals surface area contributed by atoms with Crippen molar-refractivity contribution in [3.05, 3.63) is 40.9 Å². The zero-order chi connectivity index (χ0) is 16.7. The van der Waals surface area contributed by atoms with E-state index < -0.39 is 0 Å². The Labute approximate surface area is 145 Å². The smallest absolute Gasteiger partial charge is 0.321 e. The lowest BCUT2D eigenvalue weighted by atomic mass is 10.2. The van der Waals surface area contributed by atoms with Crippen LogP contribution in [0, 0.1) is 6.92 Å². The van der Waals surface area contributed by atoms with Crippen molar-refractivity contribution in [2.24, 2.45) is 0 Å². The molecule has 1 aliphatic heterocycles. The van der Waals surface area contributed by atoms with Crippen molar-refractivity contribution in [3.63, 3.8) is 0 Å². The largest absolute Gasteiger partial charge is 0.322 e. The summed E-state index contributed by atoms with van der Waals surface area (Å²) in [6.45, 7) is 3.37. The highest BCUT2D eigenvalue weighted by Gasteiger charge is 2.34. The van der Waals surface area contributed by atoms with E-state index in [1.54, 1.807) is 12.4 Å². The number of carbonyl (C=O) groups excluding carboxylic acids is 1. The Morgan fingerprint density at radius 2 is 2.17 bits per heavy atom. The number of amides is 2. The van der Waals surface area contributed by atoms with Gasteiger partial charge in [0.2, 0.25) is 0 Å². The minimum absolute atomic E-state index is 0.0797. The van der Waals surface area contributed by atoms with Gasteiger partial charge in [0.05, 0.1) is 6.04 Å². The van der Waals surface area contributed by atoms with Crippen LogP contribution in [0.4, 0.5) is 10.5 Å². The van der Waals surface area contributed by atoms with Gasteiger partial charge in [0.1, 0.15) is 12.2 Å². The molecule has 2 heterocycles. The van der Waals surface area contributed by atoms with Gasteiger partial charge in [-0.2, -0.15) is 0 Å². The number of likely N-dealkylation sites (tertiary alicyclic amines) is 1. The number of hydrogen-bond donors (Lipinski definition) is 1. The van der Waals surface area contributed by atoms with Crippen LogP contribution in [-0.4, -0.2) is 38.8 Å². The molecule has 1 aromatic heterocycles. The van der Waals surface area contributed by atoms with E-state index in [4.69, 9.17) is 11.6 Å². The molecule has 6 nitrogen and oxygen atoms in total. The summed E-state index contributed by atoms with van der Waals surface area (Å²) in [5, 5.41) is 11.9. The molecule has 0 spiro atoms. The van der Waals surface area contributed by atoms with Gasteiger partial charge in [-0.1, -0.05) is 17.7 Å². The van der Waals surface area contributed by atoms with Gasteiger partial charge in [-0.15, -0.1) is 10.2 Å². The van der Waals surface area contributed by atoms with Crippen molar-refractivity contribution in [1.82, 2.24) is 19.7 Å². The molecule has 24 heavy (non-hydrogen) atoms. The van der Waals surface area contributed by atoms with Crippen LogP contribution >= 0.6 is 11.6 Å². The molecule has 4 rings (SSSR count). The predicted octanol–water partition coefficient (Wildman–Crippen LogP) is 3.60. The number of aromatic nitrogens is 3. The Bertz CT molecular complexity index is 770. The summed E-state index contributed by atoms with van der Waals surface area (Å²) >= 11 is 6.02. The first-order valence-corrected chi connectivity index (χ1v) is 8.71. The number of rotatable bonds is 3. The first-order valence-electron chi connectivity index (χ1n) is 8.33. The van der Waals surface area contributed by atoms with E-state index >= 15 is 0 Å². The lowest BCUT2D eigenvalue weighted by Crippen LogP contribution is -2.33. The van der Waals surface area contributed by atoms with Crippen LogP contribution in [0.1, 0.15) is 42.6 Å². The number of anilines is 1. The molecule has 1 atom stereocenters. The van der Waals surface area contributed by atoms with E-state index in [0.29, 0.717) is 17.5 Å². The molecule has 1 N–H and O–H groups in total. The SMILES string of the molecule is Cc1ccc(Cl)cc1NC(=O)N1CC[C@H](n2cnnc2C2CC2)C1. The fourth-order valence-electron chi connectivity index (χ4n) is 3.24. The summed E-state index contributed by atoms with van der Waals surface area (Å²) < 4.78 is 2.16. The molecular weight excluding hydrogens is 326 g/mol. The normalized spacial score (nSPS) is 20.4. The van der Waals surface area contributed by atoms with Gasteiger partial charge in [0.25, 0.3) is 0 Å². The monoisotopic (exact) mass is 345 g/mol. The molecule has 0 bridgehead atoms. The molecule has 126 valence electrons. The predicted molar refractivity (Wildman–Crippen MR) is 92.4 cm³/mol. The van der Waals surface area contributed by atoms with E-state index in [0.717, 1.165) is 30.0 Å². The van der Waals surface area contributed by atoms with Gasteiger partial charge < -0.3 is 14.8 Å². The molecule has 7 heteroatoms. The maximum absolute atomic E-state index is 12.6. The highest BCUT2D eigenvalue weighted by atomic mass is 35.5. The second kappa shape index (κ2) is 6.09. The molecule has 1 aliphatic carbocycles. The van der Waals surface area contributed by atoms with E-state index in [1.165, 1.54) is 12.8 Å². The van der Waals surface area contributed by atoms with Gasteiger partial charge in [-0.3, -0.25) is 0 Å². The number of nitrogens with zero attached hydrogens (tertiary/aromatic N) is 4. The van der Waals surface area contributed by atoms with Gasteiger partial charge >= 0.3 is 6.03 Å². The van der Waals surface area contributed by atoms with Crippen molar-refractivity contribution >= 4 is 23.3 Å². The summed E-state index contributed by atoms with van der Waals surface area (Å²) in [7, 11) is 0. The summed E-state index contributed by atoms with van der Waals surface area (Å²) in [5.74, 6) is 1.64. The highest BCUT2D eigenvalue weighted by molar-refractivity contribution is 6.31. The Morgan fingerprint density at radius 3 is 2.96 bits per heavy atom. The molecule has 0 unspecified atom stereocenters. The second-order valence-electron chi connectivity index (χ2n) is 6.65. The fourth-order valence-corrected chi connectivity index (χ4v) is 3.42. The first-order chi connectivity index (χ1) is 11.6. The number of halogens is 1. The third-order valence-corrected chi connectivity index (χ3v) is 5.06. The van der Waals surface area contributed by atoms with Crippen LogP contribution < -0.4 is 5.32 Å². The minimum atomic E-state index is -0.0797. The summed E-state index contributed by atoms with van der Waals surface area (Å²) in [6, 6.07) is 5.70. The van der Waals surface area contributed by atoms with Crippen molar-refractivity contribution < 1.29 is 4.79 Å². The molecule has 2 fully saturated rings. The van der Waals surface area contributed by atoms with E-state index in [9.17, 15) is 4.79 Å². The number of carbonyl (C=O) groups is 1. The van der Waals surface area contributed by atoms with Crippen molar-refractivity contribution in [1.29, 1.82) is 0 Å². The minimum Gasteiger partial charge on any atom is -0.322 e. The van der Waals surface area contributed by atoms with Crippen LogP contribution in [0.5, 0.6) is 0 Å². The Morgan fingerprint density at radius 1 is 1.33 bits per heavy atom. The number of benzene rings is 1. The third kappa shape index (κ3) is 2.98. The standard InChI is InChI=1S/C17H20ClN5O/c1-11-2-5-13(18)8-15(11)20-17(24)22-7-6-14(9-22)23-10-19-21-16(23)12-3-4-12/h2,5,8,10,12,14H,3-4,6-7,9H2,1H3,(H,20,24)/t14-/m0/s1. The molecule has 1 saturated carbocycles. The molecule has 1 saturated heterocycles. The molecular formula is C17H20ClN5O. The number of aryl methyl sites for hydroxylation is 1. The van der Waals surface area contributed by atoms with Gasteiger partial charge in [0.15, 0.2) is 0 Å². The Kier molecular flexibility index (Phi) is 3.92. The van der Waals surface area contributed by atoms with E-state index in [2.05, 4.69) is 20.1 Å². The Balaban J connectivity index is 1.43. The lowest BCUT2D eigenvalue weighted by Gasteiger charge is -2.19. The van der Waals surface area contributed by atoms with Gasteiger partial charge in [-0.05, 0) is 43.9 Å². The van der Waals surface area contributed by atoms with Crippen LogP contribution in [-0.2, 0) is 0 Å². The molecule has 0 radical (unpaired) electrons. The number of nitrogens with one attached hydrogen (secondary N) is 1. The maximum Gasteiger partial charge on any atom is 0.321 e. The van der Waals surface area contributed by atoms with Crippen molar-refractivity contribution in [2.45, 2.75) is 38.1 Å². The topological polar surface area (TPSA) is 63.1 Å². The molecule has 1 aromatic carbocycles. The third-order valence-electron chi connectivity index (χ3n) is 4.83. The quantitative estimate of drug-likeness (QED) is 0.924. The summed E-state index contributed by atoms with van der Waals surface area (Å²) in [6.07, 6.45) is 5.13. The molecule has 2 aromatic rings. The molecule has 2 amide bonds. The summed E-state index contributed by atoms with van der Waals surface area (Å²) in [5.41, 5.74) is 1.76. The number of urea groups is 1. The molecule has 2 aliphatic rings. The van der Waals surface area contributed by atoms with E-state index in [-0.39, 0.29) is 12.1 Å². The summed E-state index contributed by atoms with van der Waals surface area (Å²) in [4.78, 5) is 14.4. The van der Waals surface area contributed by atoms with Gasteiger partial charge in [0, 0.05) is 29.7 Å². The average Bonchev–Trinajstić information content (AvgIpc) is 3.10. The average molecular weight is 346 g/mol. The number of hydrogen-bond acceptors (Lipinski definition) is 3. The fraction of sp³-hybridized carbons (Fsp3) is 0.471. The van der Waals surface area contributed by atoms with Crippen LogP contribution in [0.25, 0.3) is 0 Å². The van der Waals surface area contributed by atoms with E-state index in [1.807, 2.05) is 24.0 Å². The van der Waals surface area contributed by atoms with Crippen LogP contribution in [0.3, 0.4) is 0 Å². The Hall–Kier alpha value is -2.08. The second-order valence-corrected chi connectivity index (χ2v) is 7.09. The zero-order valence-electron chi connectivity index (χ0n) is 13.6. The van der Waals surface area contributed by atoms with Crippen molar-refractivity contribution in [3.8, 4) is 0 Å². The van der Waals surface area contributed by atoms with Crippen LogP contribution in [0.15, 0.2) is 24.5 Å². The maximum atomic E-state index is 12.6. The van der Waals surface area contributed by atoms with Crippen LogP contribution in [0.2, 0.25) is 5.02 Å². The lowest BCUT2D eigenvalue weighted by molar-refractivity contribution is 0.220.